The summed E-state index contributed by atoms with van der Waals surface area (Å²) in [5, 5.41) is 0. The third kappa shape index (κ3) is 6.72. The molecule has 0 amide bonds. The lowest BCUT2D eigenvalue weighted by Gasteiger charge is -2.22. The standard InChI is InChI=1S/C18H18BrF3N2O5/c19-15-2-1-13(29-11-18(20,21)22)7-12(15)8-24-4-3-16(23-17(24)25)28-10-14-9-26-5-6-27-14/h1-4,7,14H,5-6,8-11H2. The number of ether oxygens (including phenoxy) is 4. The summed E-state index contributed by atoms with van der Waals surface area (Å²) in [5.41, 5.74) is 0.00632. The maximum absolute atomic E-state index is 12.3. The zero-order valence-electron chi connectivity index (χ0n) is 15.2. The van der Waals surface area contributed by atoms with Crippen molar-refractivity contribution < 1.29 is 32.1 Å². The van der Waals surface area contributed by atoms with Crippen molar-refractivity contribution in [1.29, 1.82) is 0 Å². The molecule has 2 heterocycles. The van der Waals surface area contributed by atoms with Crippen molar-refractivity contribution in [3.63, 3.8) is 0 Å². The molecule has 0 bridgehead atoms. The van der Waals surface area contributed by atoms with Gasteiger partial charge in [0.1, 0.15) is 18.5 Å². The first-order valence-electron chi connectivity index (χ1n) is 8.68. The topological polar surface area (TPSA) is 71.8 Å². The highest BCUT2D eigenvalue weighted by atomic mass is 79.9. The Bertz CT molecular complexity index is 885. The van der Waals surface area contributed by atoms with Crippen LogP contribution >= 0.6 is 15.9 Å². The first kappa shape index (κ1) is 21.6. The van der Waals surface area contributed by atoms with Crippen LogP contribution in [0.2, 0.25) is 0 Å². The Morgan fingerprint density at radius 1 is 1.24 bits per heavy atom. The molecule has 1 fully saturated rings. The number of halogens is 4. The van der Waals surface area contributed by atoms with Crippen LogP contribution in [0.1, 0.15) is 5.56 Å². The number of hydrogen-bond donors (Lipinski definition) is 0. The van der Waals surface area contributed by atoms with E-state index in [9.17, 15) is 18.0 Å². The van der Waals surface area contributed by atoms with Gasteiger partial charge in [0.2, 0.25) is 5.88 Å². The molecular weight excluding hydrogens is 461 g/mol. The molecule has 0 saturated carbocycles. The van der Waals surface area contributed by atoms with Gasteiger partial charge in [-0.3, -0.25) is 4.57 Å². The summed E-state index contributed by atoms with van der Waals surface area (Å²) in [6.07, 6.45) is -3.15. The van der Waals surface area contributed by atoms with Crippen molar-refractivity contribution in [3.8, 4) is 11.6 Å². The predicted molar refractivity (Wildman–Crippen MR) is 99.3 cm³/mol. The van der Waals surface area contributed by atoms with Crippen molar-refractivity contribution in [2.45, 2.75) is 18.8 Å². The minimum absolute atomic E-state index is 0.0520. The largest absolute Gasteiger partial charge is 0.484 e. The van der Waals surface area contributed by atoms with E-state index in [1.807, 2.05) is 0 Å². The summed E-state index contributed by atoms with van der Waals surface area (Å²) in [4.78, 5) is 16.1. The van der Waals surface area contributed by atoms with Gasteiger partial charge in [-0.05, 0) is 23.8 Å². The first-order chi connectivity index (χ1) is 13.8. The van der Waals surface area contributed by atoms with Crippen LogP contribution in [0, 0.1) is 0 Å². The van der Waals surface area contributed by atoms with Gasteiger partial charge in [-0.2, -0.15) is 18.2 Å². The SMILES string of the molecule is O=c1nc(OCC2COCCO2)ccn1Cc1cc(OCC(F)(F)F)ccc1Br. The second-order valence-electron chi connectivity index (χ2n) is 6.21. The molecule has 1 aliphatic heterocycles. The van der Waals surface area contributed by atoms with Gasteiger partial charge in [-0.15, -0.1) is 0 Å². The predicted octanol–water partition coefficient (Wildman–Crippen LogP) is 2.79. The normalized spacial score (nSPS) is 17.2. The Labute approximate surface area is 172 Å². The lowest BCUT2D eigenvalue weighted by molar-refractivity contribution is -0.153. The second kappa shape index (κ2) is 9.59. The van der Waals surface area contributed by atoms with Gasteiger partial charge >= 0.3 is 11.9 Å². The molecule has 2 aromatic rings. The molecule has 29 heavy (non-hydrogen) atoms. The summed E-state index contributed by atoms with van der Waals surface area (Å²) < 4.78 is 59.8. The Hall–Kier alpha value is -2.11. The molecule has 0 aliphatic carbocycles. The maximum atomic E-state index is 12.3. The number of nitrogens with zero attached hydrogens (tertiary/aromatic N) is 2. The molecule has 1 unspecified atom stereocenters. The second-order valence-corrected chi connectivity index (χ2v) is 7.07. The van der Waals surface area contributed by atoms with Crippen LogP contribution < -0.4 is 15.2 Å². The monoisotopic (exact) mass is 478 g/mol. The smallest absolute Gasteiger partial charge is 0.422 e. The molecule has 0 spiro atoms. The lowest BCUT2D eigenvalue weighted by Crippen LogP contribution is -2.34. The number of alkyl halides is 3. The molecule has 7 nitrogen and oxygen atoms in total. The van der Waals surface area contributed by atoms with Crippen LogP contribution in [0.4, 0.5) is 13.2 Å². The fourth-order valence-electron chi connectivity index (χ4n) is 2.54. The Balaban J connectivity index is 1.64. The maximum Gasteiger partial charge on any atom is 0.422 e. The van der Waals surface area contributed by atoms with Crippen molar-refractivity contribution in [3.05, 3.63) is 51.0 Å². The van der Waals surface area contributed by atoms with Crippen LogP contribution in [0.25, 0.3) is 0 Å². The highest BCUT2D eigenvalue weighted by molar-refractivity contribution is 9.10. The molecule has 1 saturated heterocycles. The van der Waals surface area contributed by atoms with E-state index < -0.39 is 18.5 Å². The van der Waals surface area contributed by atoms with Gasteiger partial charge < -0.3 is 18.9 Å². The van der Waals surface area contributed by atoms with E-state index in [0.717, 1.165) is 0 Å². The molecule has 0 N–H and O–H groups in total. The van der Waals surface area contributed by atoms with Gasteiger partial charge in [0, 0.05) is 16.7 Å². The highest BCUT2D eigenvalue weighted by Gasteiger charge is 2.28. The molecule has 1 aromatic carbocycles. The Morgan fingerprint density at radius 3 is 2.76 bits per heavy atom. The van der Waals surface area contributed by atoms with Crippen LogP contribution in [0.15, 0.2) is 39.7 Å². The fourth-order valence-corrected chi connectivity index (χ4v) is 2.91. The summed E-state index contributed by atoms with van der Waals surface area (Å²) in [5.74, 6) is 0.206. The summed E-state index contributed by atoms with van der Waals surface area (Å²) in [7, 11) is 0. The van der Waals surface area contributed by atoms with E-state index in [2.05, 4.69) is 20.9 Å². The molecule has 1 aliphatic rings. The molecule has 1 atom stereocenters. The van der Waals surface area contributed by atoms with Gasteiger partial charge in [0.15, 0.2) is 6.61 Å². The van der Waals surface area contributed by atoms with E-state index >= 15 is 0 Å². The lowest BCUT2D eigenvalue weighted by atomic mass is 10.2. The highest BCUT2D eigenvalue weighted by Crippen LogP contribution is 2.25. The zero-order valence-corrected chi connectivity index (χ0v) is 16.7. The molecule has 3 rings (SSSR count). The van der Waals surface area contributed by atoms with Gasteiger partial charge in [-0.25, -0.2) is 4.79 Å². The molecule has 0 radical (unpaired) electrons. The van der Waals surface area contributed by atoms with Crippen LogP contribution in [-0.4, -0.2) is 54.9 Å². The van der Waals surface area contributed by atoms with Gasteiger partial charge in [0.05, 0.1) is 26.4 Å². The minimum atomic E-state index is -4.43. The van der Waals surface area contributed by atoms with Crippen LogP contribution in [0.3, 0.4) is 0 Å². The minimum Gasteiger partial charge on any atom is -0.484 e. The average molecular weight is 479 g/mol. The molecule has 158 valence electrons. The number of rotatable bonds is 7. The van der Waals surface area contributed by atoms with Crippen LogP contribution in [0.5, 0.6) is 11.6 Å². The quantitative estimate of drug-likeness (QED) is 0.609. The van der Waals surface area contributed by atoms with Crippen LogP contribution in [-0.2, 0) is 16.0 Å². The van der Waals surface area contributed by atoms with Crippen molar-refractivity contribution in [2.24, 2.45) is 0 Å². The number of benzene rings is 1. The number of hydrogen-bond acceptors (Lipinski definition) is 6. The average Bonchev–Trinajstić information content (AvgIpc) is 2.69. The van der Waals surface area contributed by atoms with E-state index in [-0.39, 0.29) is 30.9 Å². The van der Waals surface area contributed by atoms with Crippen molar-refractivity contribution >= 4 is 15.9 Å². The van der Waals surface area contributed by atoms with E-state index in [4.69, 9.17) is 18.9 Å². The summed E-state index contributed by atoms with van der Waals surface area (Å²) >= 11 is 3.32. The van der Waals surface area contributed by atoms with Gasteiger partial charge in [0.25, 0.3) is 0 Å². The Morgan fingerprint density at radius 2 is 2.07 bits per heavy atom. The fraction of sp³-hybridized carbons (Fsp3) is 0.444. The van der Waals surface area contributed by atoms with E-state index in [1.165, 1.54) is 29.0 Å². The van der Waals surface area contributed by atoms with E-state index in [0.29, 0.717) is 29.9 Å². The van der Waals surface area contributed by atoms with Crippen molar-refractivity contribution in [1.82, 2.24) is 9.55 Å². The molecule has 1 aromatic heterocycles. The zero-order chi connectivity index (χ0) is 20.9. The third-order valence-electron chi connectivity index (χ3n) is 3.91. The number of aromatic nitrogens is 2. The first-order valence-corrected chi connectivity index (χ1v) is 9.47. The summed E-state index contributed by atoms with van der Waals surface area (Å²) in [6.45, 7) is 0.359. The summed E-state index contributed by atoms with van der Waals surface area (Å²) in [6, 6.07) is 5.94. The van der Waals surface area contributed by atoms with Crippen molar-refractivity contribution in [2.75, 3.05) is 33.0 Å². The Kier molecular flexibility index (Phi) is 7.14. The van der Waals surface area contributed by atoms with E-state index in [1.54, 1.807) is 6.07 Å². The molecular formula is C18H18BrF3N2O5. The van der Waals surface area contributed by atoms with Gasteiger partial charge in [-0.1, -0.05) is 15.9 Å². The third-order valence-corrected chi connectivity index (χ3v) is 4.68. The molecule has 11 heteroatoms.